The van der Waals surface area contributed by atoms with Gasteiger partial charge >= 0.3 is 0 Å². The summed E-state index contributed by atoms with van der Waals surface area (Å²) in [6, 6.07) is 15.1. The van der Waals surface area contributed by atoms with E-state index in [1.165, 1.54) is 0 Å². The molecule has 0 radical (unpaired) electrons. The molecule has 4 heteroatoms. The highest BCUT2D eigenvalue weighted by Gasteiger charge is 2.28. The van der Waals surface area contributed by atoms with Gasteiger partial charge in [-0.2, -0.15) is 4.31 Å². The molecule has 2 aromatic carbocycles. The lowest BCUT2D eigenvalue weighted by molar-refractivity contribution is 0.348. The zero-order valence-electron chi connectivity index (χ0n) is 13.6. The zero-order valence-corrected chi connectivity index (χ0v) is 14.4. The van der Waals surface area contributed by atoms with Crippen LogP contribution in [0.3, 0.4) is 0 Å². The summed E-state index contributed by atoms with van der Waals surface area (Å²) in [7, 11) is -3.52. The van der Waals surface area contributed by atoms with E-state index in [1.807, 2.05) is 70.2 Å². The van der Waals surface area contributed by atoms with Gasteiger partial charge in [0, 0.05) is 12.6 Å². The van der Waals surface area contributed by atoms with Crippen molar-refractivity contribution in [3.8, 4) is 0 Å². The second-order valence-corrected chi connectivity index (χ2v) is 7.76. The molecule has 0 aliphatic rings. The Bertz CT molecular complexity index is 737. The maximum atomic E-state index is 13.1. The molecule has 118 valence electrons. The van der Waals surface area contributed by atoms with E-state index >= 15 is 0 Å². The first-order valence-electron chi connectivity index (χ1n) is 7.45. The molecule has 0 atom stereocenters. The van der Waals surface area contributed by atoms with Crippen molar-refractivity contribution in [2.24, 2.45) is 0 Å². The molecule has 0 unspecified atom stereocenters. The summed E-state index contributed by atoms with van der Waals surface area (Å²) in [4.78, 5) is 0.400. The summed E-state index contributed by atoms with van der Waals surface area (Å²) < 4.78 is 27.7. The molecule has 0 saturated heterocycles. The molecule has 0 aliphatic carbocycles. The average molecular weight is 317 g/mol. The van der Waals surface area contributed by atoms with Gasteiger partial charge < -0.3 is 0 Å². The standard InChI is InChI=1S/C18H23NO2S/c1-14(2)19(13-17-8-6-5-7-9-17)22(20,21)18-12-15(3)10-11-16(18)4/h5-12,14H,13H2,1-4H3. The summed E-state index contributed by atoms with van der Waals surface area (Å²) in [5.41, 5.74) is 2.72. The van der Waals surface area contributed by atoms with Crippen LogP contribution in [-0.4, -0.2) is 18.8 Å². The first kappa shape index (κ1) is 16.7. The average Bonchev–Trinajstić information content (AvgIpc) is 2.47. The Balaban J connectivity index is 2.45. The molecule has 0 heterocycles. The molecule has 0 saturated carbocycles. The van der Waals surface area contributed by atoms with Gasteiger partial charge in [0.25, 0.3) is 0 Å². The zero-order chi connectivity index (χ0) is 16.3. The van der Waals surface area contributed by atoms with Gasteiger partial charge in [-0.15, -0.1) is 0 Å². The fraction of sp³-hybridized carbons (Fsp3) is 0.333. The monoisotopic (exact) mass is 317 g/mol. The summed E-state index contributed by atoms with van der Waals surface area (Å²) in [6.45, 7) is 7.95. The topological polar surface area (TPSA) is 37.4 Å². The molecule has 0 bridgehead atoms. The molecule has 3 nitrogen and oxygen atoms in total. The van der Waals surface area contributed by atoms with Crippen LogP contribution in [0.4, 0.5) is 0 Å². The van der Waals surface area contributed by atoms with Crippen LogP contribution in [0.15, 0.2) is 53.4 Å². The van der Waals surface area contributed by atoms with E-state index in [9.17, 15) is 8.42 Å². The predicted octanol–water partition coefficient (Wildman–Crippen LogP) is 3.90. The van der Waals surface area contributed by atoms with E-state index in [0.29, 0.717) is 11.4 Å². The minimum absolute atomic E-state index is 0.106. The van der Waals surface area contributed by atoms with Crippen LogP contribution in [0.1, 0.15) is 30.5 Å². The van der Waals surface area contributed by atoms with Crippen molar-refractivity contribution < 1.29 is 8.42 Å². The molecule has 0 N–H and O–H groups in total. The molecule has 2 rings (SSSR count). The highest BCUT2D eigenvalue weighted by Crippen LogP contribution is 2.24. The molecule has 0 spiro atoms. The Morgan fingerprint density at radius 3 is 2.23 bits per heavy atom. The number of hydrogen-bond donors (Lipinski definition) is 0. The number of nitrogens with zero attached hydrogens (tertiary/aromatic N) is 1. The van der Waals surface area contributed by atoms with Crippen molar-refractivity contribution in [3.05, 3.63) is 65.2 Å². The van der Waals surface area contributed by atoms with Gasteiger partial charge in [0.1, 0.15) is 0 Å². The van der Waals surface area contributed by atoms with Gasteiger partial charge in [-0.1, -0.05) is 42.5 Å². The van der Waals surface area contributed by atoms with Crippen molar-refractivity contribution in [2.75, 3.05) is 0 Å². The van der Waals surface area contributed by atoms with Crippen LogP contribution in [-0.2, 0) is 16.6 Å². The normalized spacial score (nSPS) is 12.1. The van der Waals surface area contributed by atoms with Crippen LogP contribution < -0.4 is 0 Å². The van der Waals surface area contributed by atoms with Crippen molar-refractivity contribution >= 4 is 10.0 Å². The van der Waals surface area contributed by atoms with Crippen LogP contribution in [0, 0.1) is 13.8 Å². The summed E-state index contributed by atoms with van der Waals surface area (Å²) >= 11 is 0. The van der Waals surface area contributed by atoms with E-state index in [1.54, 1.807) is 10.4 Å². The molecule has 0 aliphatic heterocycles. The largest absolute Gasteiger partial charge is 0.243 e. The lowest BCUT2D eigenvalue weighted by Gasteiger charge is -2.27. The number of hydrogen-bond acceptors (Lipinski definition) is 2. The van der Waals surface area contributed by atoms with Crippen LogP contribution in [0.25, 0.3) is 0 Å². The second-order valence-electron chi connectivity index (χ2n) is 5.90. The third kappa shape index (κ3) is 3.57. The summed E-state index contributed by atoms with van der Waals surface area (Å²) in [5, 5.41) is 0. The number of benzene rings is 2. The van der Waals surface area contributed by atoms with E-state index in [2.05, 4.69) is 0 Å². The van der Waals surface area contributed by atoms with Crippen LogP contribution in [0.5, 0.6) is 0 Å². The highest BCUT2D eigenvalue weighted by atomic mass is 32.2. The van der Waals surface area contributed by atoms with E-state index < -0.39 is 10.0 Å². The fourth-order valence-corrected chi connectivity index (χ4v) is 4.36. The quantitative estimate of drug-likeness (QED) is 0.838. The van der Waals surface area contributed by atoms with E-state index in [4.69, 9.17) is 0 Å². The van der Waals surface area contributed by atoms with Crippen molar-refractivity contribution in [3.63, 3.8) is 0 Å². The molecule has 0 amide bonds. The Labute approximate surface area is 133 Å². The molecule has 0 aromatic heterocycles. The van der Waals surface area contributed by atoms with E-state index in [-0.39, 0.29) is 6.04 Å². The SMILES string of the molecule is Cc1ccc(C)c(S(=O)(=O)N(Cc2ccccc2)C(C)C)c1. The molecule has 2 aromatic rings. The van der Waals surface area contributed by atoms with Gasteiger partial charge in [0.05, 0.1) is 4.90 Å². The minimum atomic E-state index is -3.52. The summed E-state index contributed by atoms with van der Waals surface area (Å²) in [6.07, 6.45) is 0. The minimum Gasteiger partial charge on any atom is -0.207 e. The van der Waals surface area contributed by atoms with Gasteiger partial charge in [-0.25, -0.2) is 8.42 Å². The van der Waals surface area contributed by atoms with Crippen molar-refractivity contribution in [1.82, 2.24) is 4.31 Å². The van der Waals surface area contributed by atoms with Crippen LogP contribution in [0.2, 0.25) is 0 Å². The third-order valence-corrected chi connectivity index (χ3v) is 5.85. The first-order chi connectivity index (χ1) is 10.3. The Morgan fingerprint density at radius 2 is 1.64 bits per heavy atom. The lowest BCUT2D eigenvalue weighted by Crippen LogP contribution is -2.36. The molecule has 0 fully saturated rings. The summed E-state index contributed by atoms with van der Waals surface area (Å²) in [5.74, 6) is 0. The third-order valence-electron chi connectivity index (χ3n) is 3.69. The number of rotatable bonds is 5. The van der Waals surface area contributed by atoms with Crippen molar-refractivity contribution in [1.29, 1.82) is 0 Å². The highest BCUT2D eigenvalue weighted by molar-refractivity contribution is 7.89. The number of aryl methyl sites for hydroxylation is 2. The molecular weight excluding hydrogens is 294 g/mol. The molecular formula is C18H23NO2S. The van der Waals surface area contributed by atoms with Gasteiger partial charge in [0.15, 0.2) is 0 Å². The second kappa shape index (κ2) is 6.63. The lowest BCUT2D eigenvalue weighted by atomic mass is 10.2. The predicted molar refractivity (Wildman–Crippen MR) is 90.2 cm³/mol. The molecule has 22 heavy (non-hydrogen) atoms. The fourth-order valence-electron chi connectivity index (χ4n) is 2.42. The first-order valence-corrected chi connectivity index (χ1v) is 8.89. The van der Waals surface area contributed by atoms with Crippen LogP contribution >= 0.6 is 0 Å². The maximum absolute atomic E-state index is 13.1. The Morgan fingerprint density at radius 1 is 1.00 bits per heavy atom. The van der Waals surface area contributed by atoms with Gasteiger partial charge in [-0.05, 0) is 50.5 Å². The van der Waals surface area contributed by atoms with E-state index in [0.717, 1.165) is 16.7 Å². The number of sulfonamides is 1. The Kier molecular flexibility index (Phi) is 5.04. The van der Waals surface area contributed by atoms with Gasteiger partial charge in [0.2, 0.25) is 10.0 Å². The van der Waals surface area contributed by atoms with Gasteiger partial charge in [-0.3, -0.25) is 0 Å². The maximum Gasteiger partial charge on any atom is 0.243 e. The van der Waals surface area contributed by atoms with Crippen molar-refractivity contribution in [2.45, 2.75) is 45.2 Å². The Hall–Kier alpha value is -1.65. The smallest absolute Gasteiger partial charge is 0.207 e.